The minimum atomic E-state index is -3.81. The maximum absolute atomic E-state index is 14.3. The Kier molecular flexibility index (Phi) is 10.8. The van der Waals surface area contributed by atoms with Gasteiger partial charge in [0, 0.05) is 23.5 Å². The summed E-state index contributed by atoms with van der Waals surface area (Å²) in [5, 5.41) is 3.23. The molecule has 1 N–H and O–H groups in total. The van der Waals surface area contributed by atoms with Crippen LogP contribution in [0.15, 0.2) is 77.3 Å². The molecule has 0 saturated heterocycles. The van der Waals surface area contributed by atoms with Gasteiger partial charge in [0.05, 0.1) is 11.9 Å². The molecule has 1 aliphatic rings. The molecule has 3 aromatic carbocycles. The predicted octanol–water partition coefficient (Wildman–Crippen LogP) is 5.92. The minimum Gasteiger partial charge on any atom is -0.352 e. The van der Waals surface area contributed by atoms with Crippen LogP contribution in [-0.4, -0.2) is 50.0 Å². The van der Waals surface area contributed by atoms with Crippen LogP contribution in [-0.2, 0) is 32.6 Å². The Labute approximate surface area is 258 Å². The first-order valence-electron chi connectivity index (χ1n) is 14.4. The molecular weight excluding hydrogens is 614 g/mol. The molecule has 7 nitrogen and oxygen atoms in total. The van der Waals surface area contributed by atoms with Crippen molar-refractivity contribution in [3.8, 4) is 0 Å². The highest BCUT2D eigenvalue weighted by Gasteiger charge is 2.34. The van der Waals surface area contributed by atoms with Crippen LogP contribution < -0.4 is 9.62 Å². The molecule has 1 unspecified atom stereocenters. The van der Waals surface area contributed by atoms with Crippen molar-refractivity contribution >= 4 is 43.5 Å². The fourth-order valence-electron chi connectivity index (χ4n) is 5.59. The van der Waals surface area contributed by atoms with Crippen molar-refractivity contribution in [1.82, 2.24) is 10.2 Å². The van der Waals surface area contributed by atoms with Gasteiger partial charge in [0.1, 0.15) is 12.6 Å². The lowest BCUT2D eigenvalue weighted by atomic mass is 9.94. The van der Waals surface area contributed by atoms with E-state index in [4.69, 9.17) is 0 Å². The Balaban J connectivity index is 1.73. The summed E-state index contributed by atoms with van der Waals surface area (Å²) < 4.78 is 28.1. The summed E-state index contributed by atoms with van der Waals surface area (Å²) >= 11 is 3.47. The monoisotopic (exact) mass is 653 g/mol. The van der Waals surface area contributed by atoms with Crippen molar-refractivity contribution < 1.29 is 18.0 Å². The third-order valence-electron chi connectivity index (χ3n) is 7.66. The van der Waals surface area contributed by atoms with E-state index in [-0.39, 0.29) is 18.5 Å². The van der Waals surface area contributed by atoms with Gasteiger partial charge in [-0.05, 0) is 73.2 Å². The van der Waals surface area contributed by atoms with Gasteiger partial charge in [-0.1, -0.05) is 83.7 Å². The first kappa shape index (κ1) is 31.8. The number of nitrogens with zero attached hydrogens (tertiary/aromatic N) is 2. The van der Waals surface area contributed by atoms with E-state index in [9.17, 15) is 18.0 Å². The van der Waals surface area contributed by atoms with Gasteiger partial charge in [-0.15, -0.1) is 0 Å². The van der Waals surface area contributed by atoms with Gasteiger partial charge in [-0.2, -0.15) is 0 Å². The molecule has 1 saturated carbocycles. The van der Waals surface area contributed by atoms with Gasteiger partial charge in [0.15, 0.2) is 0 Å². The van der Waals surface area contributed by atoms with Crippen LogP contribution >= 0.6 is 15.9 Å². The number of hydrogen-bond donors (Lipinski definition) is 1. The lowest BCUT2D eigenvalue weighted by molar-refractivity contribution is -0.140. The molecule has 1 fully saturated rings. The molecule has 0 spiro atoms. The molecule has 0 heterocycles. The first-order valence-corrected chi connectivity index (χ1v) is 17.1. The highest BCUT2D eigenvalue weighted by atomic mass is 79.9. The van der Waals surface area contributed by atoms with Crippen molar-refractivity contribution in [2.75, 3.05) is 17.1 Å². The number of nitrogens with one attached hydrogen (secondary N) is 1. The van der Waals surface area contributed by atoms with Crippen LogP contribution in [0.4, 0.5) is 5.69 Å². The normalized spacial score (nSPS) is 14.7. The molecular formula is C33H40BrN3O4S. The minimum absolute atomic E-state index is 0.0666. The van der Waals surface area contributed by atoms with Gasteiger partial charge in [0.2, 0.25) is 21.8 Å². The second-order valence-corrected chi connectivity index (χ2v) is 14.1. The smallest absolute Gasteiger partial charge is 0.244 e. The zero-order valence-corrected chi connectivity index (χ0v) is 27.0. The van der Waals surface area contributed by atoms with Gasteiger partial charge in [-0.3, -0.25) is 13.9 Å². The van der Waals surface area contributed by atoms with E-state index in [1.807, 2.05) is 74.5 Å². The fraction of sp³-hybridized carbons (Fsp3) is 0.394. The zero-order chi connectivity index (χ0) is 30.3. The van der Waals surface area contributed by atoms with Crippen molar-refractivity contribution in [3.05, 3.63) is 99.5 Å². The van der Waals surface area contributed by atoms with E-state index < -0.39 is 28.5 Å². The Morgan fingerprint density at radius 3 is 2.12 bits per heavy atom. The predicted molar refractivity (Wildman–Crippen MR) is 172 cm³/mol. The van der Waals surface area contributed by atoms with Gasteiger partial charge < -0.3 is 10.2 Å². The number of carbonyl (C=O) groups excluding carboxylic acids is 2. The fourth-order valence-corrected chi connectivity index (χ4v) is 6.69. The molecule has 9 heteroatoms. The Hall–Kier alpha value is -3.17. The summed E-state index contributed by atoms with van der Waals surface area (Å²) in [6.07, 6.45) is 6.54. The molecule has 1 aliphatic carbocycles. The average molecular weight is 655 g/mol. The van der Waals surface area contributed by atoms with Crippen LogP contribution in [0.3, 0.4) is 0 Å². The van der Waals surface area contributed by atoms with Crippen LogP contribution in [0.25, 0.3) is 0 Å². The lowest BCUT2D eigenvalue weighted by Crippen LogP contribution is -2.55. The number of hydrogen-bond acceptors (Lipinski definition) is 4. The standard InChI is InChI=1S/C33H40BrN3O4S/c1-24-18-25(2)20-30(19-24)37(42(3,40)41)23-32(38)36(22-27-14-16-28(34)17-15-27)31(21-26-10-6-4-7-11-26)33(39)35-29-12-8-5-9-13-29/h4,6-7,10-11,14-20,29,31H,5,8-9,12-13,21-23H2,1-3H3,(H,35,39). The highest BCUT2D eigenvalue weighted by molar-refractivity contribution is 9.10. The lowest BCUT2D eigenvalue weighted by Gasteiger charge is -2.35. The molecule has 0 radical (unpaired) electrons. The third-order valence-corrected chi connectivity index (χ3v) is 9.33. The van der Waals surface area contributed by atoms with E-state index in [0.717, 1.165) is 69.4 Å². The van der Waals surface area contributed by atoms with Crippen molar-refractivity contribution in [3.63, 3.8) is 0 Å². The first-order chi connectivity index (χ1) is 20.0. The topological polar surface area (TPSA) is 86.8 Å². The Morgan fingerprint density at radius 1 is 0.905 bits per heavy atom. The Morgan fingerprint density at radius 2 is 1.52 bits per heavy atom. The van der Waals surface area contributed by atoms with Crippen LogP contribution in [0.2, 0.25) is 0 Å². The second-order valence-electron chi connectivity index (χ2n) is 11.3. The van der Waals surface area contributed by atoms with Crippen molar-refractivity contribution in [2.24, 2.45) is 0 Å². The summed E-state index contributed by atoms with van der Waals surface area (Å²) in [5.74, 6) is -0.657. The summed E-state index contributed by atoms with van der Waals surface area (Å²) in [5.41, 5.74) is 3.98. The van der Waals surface area contributed by atoms with E-state index in [2.05, 4.69) is 21.2 Å². The number of amides is 2. The maximum Gasteiger partial charge on any atom is 0.244 e. The number of carbonyl (C=O) groups is 2. The highest BCUT2D eigenvalue weighted by Crippen LogP contribution is 2.24. The van der Waals surface area contributed by atoms with E-state index >= 15 is 0 Å². The van der Waals surface area contributed by atoms with Crippen LogP contribution in [0.1, 0.15) is 54.4 Å². The number of benzene rings is 3. The summed E-state index contributed by atoms with van der Waals surface area (Å²) in [6.45, 7) is 3.53. The number of halogens is 1. The molecule has 1 atom stereocenters. The largest absolute Gasteiger partial charge is 0.352 e. The Bertz CT molecular complexity index is 1450. The van der Waals surface area contributed by atoms with Gasteiger partial charge >= 0.3 is 0 Å². The molecule has 4 rings (SSSR count). The van der Waals surface area contributed by atoms with E-state index in [0.29, 0.717) is 12.1 Å². The number of sulfonamides is 1. The average Bonchev–Trinajstić information content (AvgIpc) is 2.94. The van der Waals surface area contributed by atoms with Gasteiger partial charge in [0.25, 0.3) is 0 Å². The van der Waals surface area contributed by atoms with E-state index in [1.54, 1.807) is 17.0 Å². The SMILES string of the molecule is Cc1cc(C)cc(N(CC(=O)N(Cc2ccc(Br)cc2)C(Cc2ccccc2)C(=O)NC2CCCCC2)S(C)(=O)=O)c1. The molecule has 224 valence electrons. The summed E-state index contributed by atoms with van der Waals surface area (Å²) in [7, 11) is -3.81. The molecule has 3 aromatic rings. The maximum atomic E-state index is 14.3. The molecule has 0 aliphatic heterocycles. The van der Waals surface area contributed by atoms with Crippen LogP contribution in [0, 0.1) is 13.8 Å². The molecule has 0 bridgehead atoms. The summed E-state index contributed by atoms with van der Waals surface area (Å²) in [6, 6.07) is 21.9. The number of aryl methyl sites for hydroxylation is 2. The van der Waals surface area contributed by atoms with Crippen molar-refractivity contribution in [2.45, 2.75) is 71.0 Å². The van der Waals surface area contributed by atoms with E-state index in [1.165, 1.54) is 0 Å². The second kappa shape index (κ2) is 14.3. The number of anilines is 1. The quantitative estimate of drug-likeness (QED) is 0.278. The molecule has 42 heavy (non-hydrogen) atoms. The van der Waals surface area contributed by atoms with Gasteiger partial charge in [-0.25, -0.2) is 8.42 Å². The zero-order valence-electron chi connectivity index (χ0n) is 24.6. The molecule has 0 aromatic heterocycles. The van der Waals surface area contributed by atoms with Crippen molar-refractivity contribution in [1.29, 1.82) is 0 Å². The molecule has 2 amide bonds. The van der Waals surface area contributed by atoms with Crippen LogP contribution in [0.5, 0.6) is 0 Å². The summed E-state index contributed by atoms with van der Waals surface area (Å²) in [4.78, 5) is 29.8. The third kappa shape index (κ3) is 8.91. The number of rotatable bonds is 11.